The monoisotopic (exact) mass is 358 g/mol. The number of hydrogen-bond acceptors (Lipinski definition) is 4. The van der Waals surface area contributed by atoms with Crippen LogP contribution in [0.3, 0.4) is 0 Å². The number of hydrogen-bond donors (Lipinski definition) is 1. The highest BCUT2D eigenvalue weighted by atomic mass is 19.1. The van der Waals surface area contributed by atoms with E-state index in [0.717, 1.165) is 16.8 Å². The van der Waals surface area contributed by atoms with E-state index in [0.29, 0.717) is 17.0 Å². The third kappa shape index (κ3) is 3.30. The van der Waals surface area contributed by atoms with Gasteiger partial charge in [0.1, 0.15) is 23.2 Å². The van der Waals surface area contributed by atoms with Crippen LogP contribution in [-0.4, -0.2) is 20.9 Å². The van der Waals surface area contributed by atoms with E-state index in [1.165, 1.54) is 0 Å². The van der Waals surface area contributed by atoms with Gasteiger partial charge in [-0.05, 0) is 30.2 Å². The Balaban J connectivity index is 2.00. The van der Waals surface area contributed by atoms with E-state index < -0.39 is 29.1 Å². The number of carbonyl (C=O) groups excluding carboxylic acids is 1. The van der Waals surface area contributed by atoms with E-state index in [2.05, 4.69) is 15.6 Å². The Morgan fingerprint density at radius 1 is 1.15 bits per heavy atom. The molecule has 0 radical (unpaired) electrons. The van der Waals surface area contributed by atoms with Crippen molar-refractivity contribution < 1.29 is 13.6 Å². The molecule has 0 bridgehead atoms. The van der Waals surface area contributed by atoms with Gasteiger partial charge in [0.15, 0.2) is 0 Å². The van der Waals surface area contributed by atoms with Crippen LogP contribution < -0.4 is 10.9 Å². The number of fused-ring (bicyclic) bond motifs is 1. The SMILES string of the molecule is CC(C)C(C(=O)Nc1ccc(F)cc1F)n1nnc2ccccc2c1=O. The molecule has 1 N–H and O–H groups in total. The molecule has 3 aromatic rings. The fourth-order valence-corrected chi connectivity index (χ4v) is 2.68. The highest BCUT2D eigenvalue weighted by molar-refractivity contribution is 5.94. The third-order valence-corrected chi connectivity index (χ3v) is 3.94. The minimum atomic E-state index is -1.01. The summed E-state index contributed by atoms with van der Waals surface area (Å²) in [5.74, 6) is -2.63. The molecule has 1 heterocycles. The topological polar surface area (TPSA) is 76.9 Å². The van der Waals surface area contributed by atoms with Crippen LogP contribution in [0.5, 0.6) is 0 Å². The predicted octanol–water partition coefficient (Wildman–Crippen LogP) is 2.91. The number of nitrogens with zero attached hydrogens (tertiary/aromatic N) is 3. The fourth-order valence-electron chi connectivity index (χ4n) is 2.68. The number of aromatic nitrogens is 3. The number of halogens is 2. The molecule has 1 unspecified atom stereocenters. The fraction of sp³-hybridized carbons (Fsp3) is 0.222. The van der Waals surface area contributed by atoms with Crippen molar-refractivity contribution in [2.75, 3.05) is 5.32 Å². The quantitative estimate of drug-likeness (QED) is 0.778. The van der Waals surface area contributed by atoms with Gasteiger partial charge in [-0.3, -0.25) is 9.59 Å². The molecule has 0 saturated carbocycles. The van der Waals surface area contributed by atoms with E-state index in [9.17, 15) is 18.4 Å². The van der Waals surface area contributed by atoms with Crippen LogP contribution in [0.25, 0.3) is 10.9 Å². The summed E-state index contributed by atoms with van der Waals surface area (Å²) in [7, 11) is 0. The summed E-state index contributed by atoms with van der Waals surface area (Å²) >= 11 is 0. The van der Waals surface area contributed by atoms with Gasteiger partial charge in [-0.15, -0.1) is 5.10 Å². The van der Waals surface area contributed by atoms with Crippen LogP contribution in [0.2, 0.25) is 0 Å². The molecule has 2 aromatic carbocycles. The molecular formula is C18H16F2N4O2. The minimum Gasteiger partial charge on any atom is -0.322 e. The summed E-state index contributed by atoms with van der Waals surface area (Å²) in [5.41, 5.74) is -0.228. The van der Waals surface area contributed by atoms with Crippen molar-refractivity contribution in [2.24, 2.45) is 5.92 Å². The molecule has 0 saturated heterocycles. The minimum absolute atomic E-state index is 0.177. The number of carbonyl (C=O) groups is 1. The molecule has 0 aliphatic rings. The lowest BCUT2D eigenvalue weighted by Gasteiger charge is -2.21. The van der Waals surface area contributed by atoms with E-state index in [1.54, 1.807) is 38.1 Å². The second-order valence-corrected chi connectivity index (χ2v) is 6.16. The average Bonchev–Trinajstić information content (AvgIpc) is 2.59. The molecular weight excluding hydrogens is 342 g/mol. The van der Waals surface area contributed by atoms with E-state index in [4.69, 9.17) is 0 Å². The Kier molecular flexibility index (Phi) is 4.75. The Bertz CT molecular complexity index is 1030. The lowest BCUT2D eigenvalue weighted by Crippen LogP contribution is -2.38. The summed E-state index contributed by atoms with van der Waals surface area (Å²) < 4.78 is 27.8. The van der Waals surface area contributed by atoms with Crippen LogP contribution in [-0.2, 0) is 4.79 Å². The Hall–Kier alpha value is -3.16. The Morgan fingerprint density at radius 3 is 2.58 bits per heavy atom. The molecule has 134 valence electrons. The van der Waals surface area contributed by atoms with Crippen LogP contribution >= 0.6 is 0 Å². The smallest absolute Gasteiger partial charge is 0.278 e. The van der Waals surface area contributed by atoms with Crippen molar-refractivity contribution in [1.29, 1.82) is 0 Å². The lowest BCUT2D eigenvalue weighted by atomic mass is 10.0. The second-order valence-electron chi connectivity index (χ2n) is 6.16. The first-order valence-corrected chi connectivity index (χ1v) is 7.98. The van der Waals surface area contributed by atoms with Gasteiger partial charge >= 0.3 is 0 Å². The zero-order valence-corrected chi connectivity index (χ0v) is 14.1. The summed E-state index contributed by atoms with van der Waals surface area (Å²) in [6.07, 6.45) is 0. The summed E-state index contributed by atoms with van der Waals surface area (Å²) in [5, 5.41) is 10.6. The van der Waals surface area contributed by atoms with Gasteiger partial charge in [-0.2, -0.15) is 4.68 Å². The predicted molar refractivity (Wildman–Crippen MR) is 92.7 cm³/mol. The molecule has 6 nitrogen and oxygen atoms in total. The molecule has 26 heavy (non-hydrogen) atoms. The van der Waals surface area contributed by atoms with Crippen LogP contribution in [0.4, 0.5) is 14.5 Å². The van der Waals surface area contributed by atoms with Gasteiger partial charge in [0.05, 0.1) is 11.1 Å². The van der Waals surface area contributed by atoms with Crippen molar-refractivity contribution in [1.82, 2.24) is 15.0 Å². The maximum Gasteiger partial charge on any atom is 0.278 e. The van der Waals surface area contributed by atoms with Crippen LogP contribution in [0, 0.1) is 17.6 Å². The third-order valence-electron chi connectivity index (χ3n) is 3.94. The average molecular weight is 358 g/mol. The van der Waals surface area contributed by atoms with Gasteiger partial charge in [0.25, 0.3) is 5.56 Å². The number of amides is 1. The van der Waals surface area contributed by atoms with Gasteiger partial charge in [0.2, 0.25) is 5.91 Å². The van der Waals surface area contributed by atoms with Crippen molar-refractivity contribution >= 4 is 22.5 Å². The van der Waals surface area contributed by atoms with E-state index in [-0.39, 0.29) is 11.6 Å². The summed E-state index contributed by atoms with van der Waals surface area (Å²) in [6, 6.07) is 8.47. The van der Waals surface area contributed by atoms with Crippen molar-refractivity contribution in [3.05, 3.63) is 64.5 Å². The molecule has 8 heteroatoms. The molecule has 3 rings (SSSR count). The Labute approximate surface area is 147 Å². The van der Waals surface area contributed by atoms with E-state index >= 15 is 0 Å². The molecule has 0 fully saturated rings. The number of nitrogens with one attached hydrogen (secondary N) is 1. The van der Waals surface area contributed by atoms with Gasteiger partial charge in [0, 0.05) is 6.07 Å². The zero-order chi connectivity index (χ0) is 18.8. The van der Waals surface area contributed by atoms with Crippen molar-refractivity contribution in [2.45, 2.75) is 19.9 Å². The molecule has 0 spiro atoms. The second kappa shape index (κ2) is 6.99. The van der Waals surface area contributed by atoms with Crippen LogP contribution in [0.15, 0.2) is 47.3 Å². The Morgan fingerprint density at radius 2 is 1.88 bits per heavy atom. The number of benzene rings is 2. The molecule has 1 aromatic heterocycles. The highest BCUT2D eigenvalue weighted by Gasteiger charge is 2.28. The summed E-state index contributed by atoms with van der Waals surface area (Å²) in [6.45, 7) is 3.46. The van der Waals surface area contributed by atoms with Gasteiger partial charge < -0.3 is 5.32 Å². The molecule has 0 aliphatic heterocycles. The largest absolute Gasteiger partial charge is 0.322 e. The molecule has 1 atom stereocenters. The van der Waals surface area contributed by atoms with Crippen LogP contribution in [0.1, 0.15) is 19.9 Å². The number of rotatable bonds is 4. The molecule has 1 amide bonds. The van der Waals surface area contributed by atoms with Gasteiger partial charge in [-0.1, -0.05) is 31.2 Å². The maximum atomic E-state index is 13.8. The van der Waals surface area contributed by atoms with Gasteiger partial charge in [-0.25, -0.2) is 8.78 Å². The molecule has 0 aliphatic carbocycles. The number of anilines is 1. The van der Waals surface area contributed by atoms with Crippen molar-refractivity contribution in [3.63, 3.8) is 0 Å². The first kappa shape index (κ1) is 17.7. The first-order valence-electron chi connectivity index (χ1n) is 7.98. The standard InChI is InChI=1S/C18H16F2N4O2/c1-10(2)16(17(25)21-15-8-7-11(19)9-13(15)20)24-18(26)12-5-3-4-6-14(12)22-23-24/h3-10,16H,1-2H3,(H,21,25). The maximum absolute atomic E-state index is 13.8. The first-order chi connectivity index (χ1) is 12.4. The zero-order valence-electron chi connectivity index (χ0n) is 14.1. The lowest BCUT2D eigenvalue weighted by molar-refractivity contribution is -0.120. The normalized spacial score (nSPS) is 12.3. The van der Waals surface area contributed by atoms with Crippen molar-refractivity contribution in [3.8, 4) is 0 Å². The highest BCUT2D eigenvalue weighted by Crippen LogP contribution is 2.21. The summed E-state index contributed by atoms with van der Waals surface area (Å²) in [4.78, 5) is 25.4. The van der Waals surface area contributed by atoms with E-state index in [1.807, 2.05) is 0 Å².